The van der Waals surface area contributed by atoms with Crippen molar-refractivity contribution < 1.29 is 9.90 Å². The summed E-state index contributed by atoms with van der Waals surface area (Å²) in [4.78, 5) is 11.0. The van der Waals surface area contributed by atoms with Gasteiger partial charge in [-0.3, -0.25) is 0 Å². The van der Waals surface area contributed by atoms with Crippen LogP contribution in [0.4, 0.5) is 0 Å². The summed E-state index contributed by atoms with van der Waals surface area (Å²) in [6, 6.07) is 0. The molecule has 2 aromatic heterocycles. The fraction of sp³-hybridized carbons (Fsp3) is 0.444. The highest BCUT2D eigenvalue weighted by atomic mass is 32.1. The second kappa shape index (κ2) is 4.21. The van der Waals surface area contributed by atoms with Gasteiger partial charge in [-0.1, -0.05) is 30.4 Å². The number of aromatic nitrogens is 5. The lowest BCUT2D eigenvalue weighted by Crippen LogP contribution is -2.08. The molecule has 17 heavy (non-hydrogen) atoms. The summed E-state index contributed by atoms with van der Waals surface area (Å²) in [7, 11) is 0. The maximum absolute atomic E-state index is 11.0. The first kappa shape index (κ1) is 11.6. The lowest BCUT2D eigenvalue weighted by molar-refractivity contribution is 0.0688. The fourth-order valence-electron chi connectivity index (χ4n) is 1.47. The zero-order valence-electron chi connectivity index (χ0n) is 9.58. The van der Waals surface area contributed by atoms with Crippen LogP contribution in [0.25, 0.3) is 5.13 Å². The molecule has 0 aliphatic carbocycles. The van der Waals surface area contributed by atoms with Gasteiger partial charge in [0.2, 0.25) is 5.13 Å². The van der Waals surface area contributed by atoms with Gasteiger partial charge in [-0.15, -0.1) is 15.3 Å². The predicted molar refractivity (Wildman–Crippen MR) is 60.6 cm³/mol. The smallest absolute Gasteiger partial charge is 0.358 e. The Hall–Kier alpha value is -1.83. The standard InChI is InChI=1S/C9H11N5O2S/c1-4(2)7-6(8(15)16)11-13-14(7)9-12-10-5(3)17-9/h4H,1-3H3,(H,15,16). The molecule has 0 saturated heterocycles. The zero-order chi connectivity index (χ0) is 12.6. The van der Waals surface area contributed by atoms with Crippen LogP contribution in [0.1, 0.15) is 41.0 Å². The molecule has 0 aliphatic rings. The molecule has 0 saturated carbocycles. The molecular weight excluding hydrogens is 242 g/mol. The Bertz CT molecular complexity index is 559. The molecule has 0 unspecified atom stereocenters. The summed E-state index contributed by atoms with van der Waals surface area (Å²) in [5.41, 5.74) is 0.501. The van der Waals surface area contributed by atoms with E-state index in [1.807, 2.05) is 20.8 Å². The van der Waals surface area contributed by atoms with Gasteiger partial charge >= 0.3 is 5.97 Å². The highest BCUT2D eigenvalue weighted by Gasteiger charge is 2.23. The van der Waals surface area contributed by atoms with Crippen LogP contribution < -0.4 is 0 Å². The number of aryl methyl sites for hydroxylation is 1. The van der Waals surface area contributed by atoms with Crippen molar-refractivity contribution >= 4 is 17.3 Å². The van der Waals surface area contributed by atoms with E-state index in [0.717, 1.165) is 5.01 Å². The van der Waals surface area contributed by atoms with Gasteiger partial charge in [0, 0.05) is 0 Å². The first-order valence-corrected chi connectivity index (χ1v) is 5.81. The Labute approximate surface area is 101 Å². The maximum Gasteiger partial charge on any atom is 0.358 e. The summed E-state index contributed by atoms with van der Waals surface area (Å²) >= 11 is 1.34. The predicted octanol–water partition coefficient (Wildman–Crippen LogP) is 1.25. The first-order chi connectivity index (χ1) is 8.00. The Morgan fingerprint density at radius 1 is 1.35 bits per heavy atom. The summed E-state index contributed by atoms with van der Waals surface area (Å²) in [6.07, 6.45) is 0. The monoisotopic (exact) mass is 253 g/mol. The molecule has 7 nitrogen and oxygen atoms in total. The van der Waals surface area contributed by atoms with E-state index in [0.29, 0.717) is 10.8 Å². The van der Waals surface area contributed by atoms with Crippen molar-refractivity contribution in [2.45, 2.75) is 26.7 Å². The van der Waals surface area contributed by atoms with Crippen LogP contribution in [0, 0.1) is 6.92 Å². The van der Waals surface area contributed by atoms with Crippen LogP contribution in [-0.2, 0) is 0 Å². The average Bonchev–Trinajstić information content (AvgIpc) is 2.82. The van der Waals surface area contributed by atoms with E-state index in [-0.39, 0.29) is 11.6 Å². The molecule has 0 spiro atoms. The molecule has 1 N–H and O–H groups in total. The molecule has 0 amide bonds. The fourth-order valence-corrected chi connectivity index (χ4v) is 2.12. The maximum atomic E-state index is 11.0. The SMILES string of the molecule is Cc1nnc(-n2nnc(C(=O)O)c2C(C)C)s1. The Kier molecular flexibility index (Phi) is 2.88. The molecule has 2 rings (SSSR count). The molecule has 0 radical (unpaired) electrons. The Morgan fingerprint density at radius 2 is 2.06 bits per heavy atom. The molecule has 0 atom stereocenters. The summed E-state index contributed by atoms with van der Waals surface area (Å²) in [6.45, 7) is 5.59. The average molecular weight is 253 g/mol. The minimum atomic E-state index is -1.08. The normalized spacial score (nSPS) is 11.1. The highest BCUT2D eigenvalue weighted by molar-refractivity contribution is 7.13. The minimum absolute atomic E-state index is 0.0136. The molecule has 8 heteroatoms. The number of rotatable bonds is 3. The van der Waals surface area contributed by atoms with Crippen LogP contribution in [0.2, 0.25) is 0 Å². The number of nitrogens with zero attached hydrogens (tertiary/aromatic N) is 5. The van der Waals surface area contributed by atoms with Gasteiger partial charge in [0.25, 0.3) is 0 Å². The van der Waals surface area contributed by atoms with Crippen molar-refractivity contribution in [2.75, 3.05) is 0 Å². The molecule has 2 heterocycles. The van der Waals surface area contributed by atoms with E-state index in [2.05, 4.69) is 20.5 Å². The van der Waals surface area contributed by atoms with Gasteiger partial charge in [-0.2, -0.15) is 4.68 Å². The quantitative estimate of drug-likeness (QED) is 0.884. The van der Waals surface area contributed by atoms with Gasteiger partial charge in [-0.25, -0.2) is 4.79 Å². The third-order valence-electron chi connectivity index (χ3n) is 2.15. The third kappa shape index (κ3) is 2.03. The second-order valence-corrected chi connectivity index (χ2v) is 4.96. The number of carbonyl (C=O) groups is 1. The summed E-state index contributed by atoms with van der Waals surface area (Å²) in [5, 5.41) is 25.7. The minimum Gasteiger partial charge on any atom is -0.476 e. The first-order valence-electron chi connectivity index (χ1n) is 5.00. The van der Waals surface area contributed by atoms with Crippen LogP contribution in [-0.4, -0.2) is 36.3 Å². The number of hydrogen-bond donors (Lipinski definition) is 1. The lowest BCUT2D eigenvalue weighted by atomic mass is 10.1. The van der Waals surface area contributed by atoms with Gasteiger partial charge < -0.3 is 5.11 Å². The number of hydrogen-bond acceptors (Lipinski definition) is 6. The Balaban J connectivity index is 2.59. The largest absolute Gasteiger partial charge is 0.476 e. The van der Waals surface area contributed by atoms with E-state index < -0.39 is 5.97 Å². The number of carboxylic acids is 1. The van der Waals surface area contributed by atoms with Crippen LogP contribution in [0.3, 0.4) is 0 Å². The topological polar surface area (TPSA) is 93.8 Å². The molecule has 0 fully saturated rings. The second-order valence-electron chi connectivity index (χ2n) is 3.80. The summed E-state index contributed by atoms with van der Waals surface area (Å²) < 4.78 is 1.44. The van der Waals surface area contributed by atoms with E-state index >= 15 is 0 Å². The van der Waals surface area contributed by atoms with Crippen molar-refractivity contribution in [3.63, 3.8) is 0 Å². The van der Waals surface area contributed by atoms with Crippen molar-refractivity contribution in [1.82, 2.24) is 25.2 Å². The van der Waals surface area contributed by atoms with Gasteiger partial charge in [0.1, 0.15) is 5.01 Å². The summed E-state index contributed by atoms with van der Waals surface area (Å²) in [5.74, 6) is -1.10. The van der Waals surface area contributed by atoms with E-state index in [9.17, 15) is 4.79 Å². The molecular formula is C9H11N5O2S. The zero-order valence-corrected chi connectivity index (χ0v) is 10.4. The van der Waals surface area contributed by atoms with E-state index in [1.54, 1.807) is 0 Å². The van der Waals surface area contributed by atoms with Crippen molar-refractivity contribution in [3.05, 3.63) is 16.4 Å². The molecule has 0 aromatic carbocycles. The molecule has 90 valence electrons. The van der Waals surface area contributed by atoms with Gasteiger partial charge in [0.15, 0.2) is 5.69 Å². The number of carboxylic acid groups (broad SMARTS) is 1. The van der Waals surface area contributed by atoms with Crippen LogP contribution >= 0.6 is 11.3 Å². The van der Waals surface area contributed by atoms with Crippen LogP contribution in [0.5, 0.6) is 0 Å². The number of aromatic carboxylic acids is 1. The van der Waals surface area contributed by atoms with Crippen LogP contribution in [0.15, 0.2) is 0 Å². The Morgan fingerprint density at radius 3 is 2.53 bits per heavy atom. The third-order valence-corrected chi connectivity index (χ3v) is 2.97. The van der Waals surface area contributed by atoms with E-state index in [1.165, 1.54) is 16.0 Å². The van der Waals surface area contributed by atoms with Crippen molar-refractivity contribution in [2.24, 2.45) is 0 Å². The lowest BCUT2D eigenvalue weighted by Gasteiger charge is -2.06. The molecule has 0 aliphatic heterocycles. The molecule has 0 bridgehead atoms. The van der Waals surface area contributed by atoms with Gasteiger partial charge in [0.05, 0.1) is 5.69 Å². The van der Waals surface area contributed by atoms with Crippen molar-refractivity contribution in [3.8, 4) is 5.13 Å². The molecule has 2 aromatic rings. The highest BCUT2D eigenvalue weighted by Crippen LogP contribution is 2.22. The van der Waals surface area contributed by atoms with E-state index in [4.69, 9.17) is 5.11 Å². The van der Waals surface area contributed by atoms with Gasteiger partial charge in [-0.05, 0) is 12.8 Å². The van der Waals surface area contributed by atoms with Crippen molar-refractivity contribution in [1.29, 1.82) is 0 Å².